The third-order valence-corrected chi connectivity index (χ3v) is 5.90. The summed E-state index contributed by atoms with van der Waals surface area (Å²) in [6.07, 6.45) is -3.38. The predicted octanol–water partition coefficient (Wildman–Crippen LogP) is 6.99. The predicted molar refractivity (Wildman–Crippen MR) is 124 cm³/mol. The van der Waals surface area contributed by atoms with E-state index in [9.17, 15) is 32.3 Å². The molecular formula is C26H29F4NO3. The molecule has 184 valence electrons. The highest BCUT2D eigenvalue weighted by Gasteiger charge is 2.45. The first kappa shape index (κ1) is 27.1. The van der Waals surface area contributed by atoms with Gasteiger partial charge in [-0.3, -0.25) is 9.59 Å². The van der Waals surface area contributed by atoms with Gasteiger partial charge in [0.05, 0.1) is 23.9 Å². The summed E-state index contributed by atoms with van der Waals surface area (Å²) in [7, 11) is 0. The normalized spacial score (nSPS) is 14.7. The van der Waals surface area contributed by atoms with Gasteiger partial charge in [-0.05, 0) is 40.2 Å². The van der Waals surface area contributed by atoms with Gasteiger partial charge in [-0.2, -0.15) is 13.2 Å². The number of carboxylic acids is 1. The van der Waals surface area contributed by atoms with Crippen LogP contribution in [0.3, 0.4) is 0 Å². The fraction of sp³-hybridized carbons (Fsp3) is 0.385. The van der Waals surface area contributed by atoms with Crippen LogP contribution in [-0.4, -0.2) is 23.2 Å². The van der Waals surface area contributed by atoms with Gasteiger partial charge in [0.2, 0.25) is 5.91 Å². The van der Waals surface area contributed by atoms with Crippen LogP contribution >= 0.6 is 0 Å². The van der Waals surface area contributed by atoms with Crippen molar-refractivity contribution in [1.82, 2.24) is 0 Å². The number of hydrogen-bond acceptors (Lipinski definition) is 2. The quantitative estimate of drug-likeness (QED) is 0.401. The molecular weight excluding hydrogens is 450 g/mol. The lowest BCUT2D eigenvalue weighted by Crippen LogP contribution is -2.34. The number of carbonyl (C=O) groups excluding carboxylic acids is 1. The van der Waals surface area contributed by atoms with Crippen molar-refractivity contribution in [1.29, 1.82) is 0 Å². The van der Waals surface area contributed by atoms with Crippen molar-refractivity contribution < 1.29 is 32.3 Å². The number of carboxylic acid groups (broad SMARTS) is 1. The Hall–Kier alpha value is -3.16. The van der Waals surface area contributed by atoms with Crippen LogP contribution in [0.2, 0.25) is 0 Å². The molecule has 0 radical (unpaired) electrons. The monoisotopic (exact) mass is 479 g/mol. The number of halogens is 4. The van der Waals surface area contributed by atoms with Gasteiger partial charge in [-0.1, -0.05) is 70.7 Å². The molecule has 4 nitrogen and oxygen atoms in total. The molecule has 2 rings (SSSR count). The van der Waals surface area contributed by atoms with Crippen molar-refractivity contribution in [3.05, 3.63) is 71.6 Å². The molecule has 0 heterocycles. The second-order valence-corrected chi connectivity index (χ2v) is 9.42. The zero-order valence-corrected chi connectivity index (χ0v) is 19.5. The average Bonchev–Trinajstić information content (AvgIpc) is 2.73. The van der Waals surface area contributed by atoms with Crippen molar-refractivity contribution in [2.75, 3.05) is 5.32 Å². The number of nitrogens with one attached hydrogen (secondary N) is 1. The van der Waals surface area contributed by atoms with Crippen molar-refractivity contribution >= 4 is 23.6 Å². The SMILES string of the molecule is C=Cc1ccc([C@@H](C(=O)Nc2cc(C(CC(=O)O)C(C)(C)C)ccc2F)[C@@H](C)C(F)(F)F)cc1. The topological polar surface area (TPSA) is 66.4 Å². The highest BCUT2D eigenvalue weighted by molar-refractivity contribution is 5.96. The van der Waals surface area contributed by atoms with E-state index < -0.39 is 47.0 Å². The molecule has 0 fully saturated rings. The number of alkyl halides is 3. The van der Waals surface area contributed by atoms with E-state index in [2.05, 4.69) is 11.9 Å². The molecule has 2 aromatic carbocycles. The Morgan fingerprint density at radius 3 is 2.09 bits per heavy atom. The molecule has 0 saturated carbocycles. The van der Waals surface area contributed by atoms with Crippen LogP contribution in [0, 0.1) is 17.2 Å². The van der Waals surface area contributed by atoms with Crippen LogP contribution in [0.25, 0.3) is 6.08 Å². The smallest absolute Gasteiger partial charge is 0.392 e. The van der Waals surface area contributed by atoms with Crippen molar-refractivity contribution in [2.24, 2.45) is 11.3 Å². The number of amides is 1. The summed E-state index contributed by atoms with van der Waals surface area (Å²) in [5.41, 5.74) is 0.458. The van der Waals surface area contributed by atoms with Crippen molar-refractivity contribution in [2.45, 2.75) is 52.1 Å². The van der Waals surface area contributed by atoms with E-state index >= 15 is 0 Å². The van der Waals surface area contributed by atoms with E-state index in [1.807, 2.05) is 20.8 Å². The Balaban J connectivity index is 2.47. The lowest BCUT2D eigenvalue weighted by molar-refractivity contribution is -0.178. The zero-order valence-electron chi connectivity index (χ0n) is 19.5. The Morgan fingerprint density at radius 2 is 1.62 bits per heavy atom. The standard InChI is InChI=1S/C26H29F4NO3/c1-6-16-7-9-17(10-8-16)23(15(2)26(28,29)30)24(34)31-21-13-18(11-12-20(21)27)19(14-22(32)33)25(3,4)5/h6-13,15,19,23H,1,14H2,2-5H3,(H,31,34)(H,32,33)/t15-,19?,23+/m1/s1. The van der Waals surface area contributed by atoms with Gasteiger partial charge < -0.3 is 10.4 Å². The molecule has 2 N–H and O–H groups in total. The number of carbonyl (C=O) groups is 2. The Kier molecular flexibility index (Phi) is 8.29. The van der Waals surface area contributed by atoms with E-state index in [4.69, 9.17) is 0 Å². The molecule has 1 amide bonds. The summed E-state index contributed by atoms with van der Waals surface area (Å²) in [5, 5.41) is 11.6. The molecule has 0 spiro atoms. The molecule has 1 unspecified atom stereocenters. The lowest BCUT2D eigenvalue weighted by atomic mass is 9.74. The molecule has 0 bridgehead atoms. The fourth-order valence-electron chi connectivity index (χ4n) is 3.86. The van der Waals surface area contributed by atoms with Crippen LogP contribution in [0.15, 0.2) is 49.0 Å². The van der Waals surface area contributed by atoms with Gasteiger partial charge in [0.15, 0.2) is 0 Å². The first-order chi connectivity index (χ1) is 15.6. The van der Waals surface area contributed by atoms with E-state index in [0.29, 0.717) is 11.1 Å². The van der Waals surface area contributed by atoms with Crippen LogP contribution in [-0.2, 0) is 9.59 Å². The van der Waals surface area contributed by atoms with Gasteiger partial charge in [-0.15, -0.1) is 0 Å². The molecule has 0 saturated heterocycles. The number of anilines is 1. The number of aliphatic carboxylic acids is 1. The van der Waals surface area contributed by atoms with Gasteiger partial charge in [0.1, 0.15) is 5.82 Å². The second kappa shape index (κ2) is 10.4. The maximum absolute atomic E-state index is 14.6. The van der Waals surface area contributed by atoms with E-state index in [1.54, 1.807) is 12.1 Å². The Morgan fingerprint density at radius 1 is 1.06 bits per heavy atom. The first-order valence-corrected chi connectivity index (χ1v) is 10.8. The highest BCUT2D eigenvalue weighted by atomic mass is 19.4. The number of benzene rings is 2. The minimum Gasteiger partial charge on any atom is -0.481 e. The van der Waals surface area contributed by atoms with Gasteiger partial charge in [0, 0.05) is 0 Å². The minimum absolute atomic E-state index is 0.128. The fourth-order valence-corrected chi connectivity index (χ4v) is 3.86. The summed E-state index contributed by atoms with van der Waals surface area (Å²) >= 11 is 0. The average molecular weight is 480 g/mol. The van der Waals surface area contributed by atoms with Crippen molar-refractivity contribution in [3.8, 4) is 0 Å². The Bertz CT molecular complexity index is 1040. The molecule has 2 aromatic rings. The Labute approximate surface area is 196 Å². The summed E-state index contributed by atoms with van der Waals surface area (Å²) in [4.78, 5) is 24.4. The van der Waals surface area contributed by atoms with Crippen LogP contribution in [0.5, 0.6) is 0 Å². The molecule has 8 heteroatoms. The number of rotatable bonds is 8. The third kappa shape index (κ3) is 6.68. The van der Waals surface area contributed by atoms with Gasteiger partial charge in [-0.25, -0.2) is 4.39 Å². The summed E-state index contributed by atoms with van der Waals surface area (Å²) in [6, 6.07) is 9.72. The van der Waals surface area contributed by atoms with Crippen LogP contribution < -0.4 is 5.32 Å². The lowest BCUT2D eigenvalue weighted by Gasteiger charge is -2.30. The highest BCUT2D eigenvalue weighted by Crippen LogP contribution is 2.40. The van der Waals surface area contributed by atoms with Gasteiger partial charge in [0.25, 0.3) is 0 Å². The molecule has 0 aliphatic rings. The summed E-state index contributed by atoms with van der Waals surface area (Å²) in [6.45, 7) is 9.99. The molecule has 0 aliphatic carbocycles. The molecule has 34 heavy (non-hydrogen) atoms. The molecule has 0 aromatic heterocycles. The molecule has 3 atom stereocenters. The summed E-state index contributed by atoms with van der Waals surface area (Å²) in [5.74, 6) is -7.07. The van der Waals surface area contributed by atoms with Crippen molar-refractivity contribution in [3.63, 3.8) is 0 Å². The van der Waals surface area contributed by atoms with E-state index in [1.165, 1.54) is 30.3 Å². The maximum Gasteiger partial charge on any atom is 0.392 e. The van der Waals surface area contributed by atoms with Gasteiger partial charge >= 0.3 is 12.1 Å². The van der Waals surface area contributed by atoms with Crippen LogP contribution in [0.4, 0.5) is 23.2 Å². The third-order valence-electron chi connectivity index (χ3n) is 5.90. The van der Waals surface area contributed by atoms with Crippen LogP contribution in [0.1, 0.15) is 62.6 Å². The minimum atomic E-state index is -4.67. The number of hydrogen-bond donors (Lipinski definition) is 2. The van der Waals surface area contributed by atoms with E-state index in [-0.39, 0.29) is 17.7 Å². The van der Waals surface area contributed by atoms with E-state index in [0.717, 1.165) is 13.0 Å². The molecule has 0 aliphatic heterocycles. The summed E-state index contributed by atoms with van der Waals surface area (Å²) < 4.78 is 55.4. The maximum atomic E-state index is 14.6. The zero-order chi connectivity index (χ0) is 25.8. The largest absolute Gasteiger partial charge is 0.481 e. The first-order valence-electron chi connectivity index (χ1n) is 10.8. The second-order valence-electron chi connectivity index (χ2n) is 9.42.